The second-order valence-corrected chi connectivity index (χ2v) is 5.71. The Hall–Kier alpha value is -1.94. The van der Waals surface area contributed by atoms with E-state index < -0.39 is 39.0 Å². The van der Waals surface area contributed by atoms with Crippen LogP contribution in [0, 0.1) is 6.92 Å². The number of hydrogen-bond acceptors (Lipinski definition) is 5. The number of nitrogens with zero attached hydrogens (tertiary/aromatic N) is 1. The highest BCUT2D eigenvalue weighted by atomic mass is 32.2. The molecular formula is C10H16N4O5S. The minimum Gasteiger partial charge on any atom is -0.476 e. The molecule has 0 radical (unpaired) electrons. The van der Waals surface area contributed by atoms with E-state index in [0.717, 1.165) is 6.42 Å². The van der Waals surface area contributed by atoms with Crippen molar-refractivity contribution in [2.45, 2.75) is 25.2 Å². The normalized spacial score (nSPS) is 11.3. The predicted octanol–water partition coefficient (Wildman–Crippen LogP) is -0.779. The van der Waals surface area contributed by atoms with Gasteiger partial charge in [0, 0.05) is 6.54 Å². The average Bonchev–Trinajstić information content (AvgIpc) is 2.77. The SMILES string of the molecule is CCCNC(=O)CNS(=O)(=O)c1c(C(=O)O)n[nH]c1C. The fraction of sp³-hybridized carbons (Fsp3) is 0.500. The number of sulfonamides is 1. The number of rotatable bonds is 7. The van der Waals surface area contributed by atoms with Crippen molar-refractivity contribution in [3.8, 4) is 0 Å². The van der Waals surface area contributed by atoms with Crippen LogP contribution < -0.4 is 10.0 Å². The number of aromatic amines is 1. The number of aromatic carboxylic acids is 1. The van der Waals surface area contributed by atoms with Gasteiger partial charge in [-0.1, -0.05) is 6.92 Å². The Bertz CT molecular complexity index is 607. The van der Waals surface area contributed by atoms with Crippen LogP contribution in [0.1, 0.15) is 29.5 Å². The van der Waals surface area contributed by atoms with Crippen molar-refractivity contribution in [3.05, 3.63) is 11.4 Å². The Morgan fingerprint density at radius 1 is 1.40 bits per heavy atom. The van der Waals surface area contributed by atoms with Crippen LogP contribution in [0.4, 0.5) is 0 Å². The molecule has 1 heterocycles. The Balaban J connectivity index is 2.87. The van der Waals surface area contributed by atoms with E-state index in [1.807, 2.05) is 11.6 Å². The molecule has 20 heavy (non-hydrogen) atoms. The van der Waals surface area contributed by atoms with E-state index in [4.69, 9.17) is 5.11 Å². The molecule has 1 rings (SSSR count). The van der Waals surface area contributed by atoms with Gasteiger partial charge in [-0.15, -0.1) is 0 Å². The third-order valence-corrected chi connectivity index (χ3v) is 3.92. The number of nitrogens with one attached hydrogen (secondary N) is 3. The second kappa shape index (κ2) is 6.48. The highest BCUT2D eigenvalue weighted by Crippen LogP contribution is 2.17. The summed E-state index contributed by atoms with van der Waals surface area (Å²) < 4.78 is 26.0. The van der Waals surface area contributed by atoms with Crippen molar-refractivity contribution in [3.63, 3.8) is 0 Å². The van der Waals surface area contributed by atoms with Gasteiger partial charge < -0.3 is 10.4 Å². The van der Waals surface area contributed by atoms with Crippen molar-refractivity contribution in [2.75, 3.05) is 13.1 Å². The van der Waals surface area contributed by atoms with Gasteiger partial charge in [0.2, 0.25) is 15.9 Å². The molecule has 4 N–H and O–H groups in total. The van der Waals surface area contributed by atoms with Crippen LogP contribution in [0.3, 0.4) is 0 Å². The molecule has 1 aromatic rings. The molecule has 0 saturated carbocycles. The molecule has 0 aliphatic carbocycles. The lowest BCUT2D eigenvalue weighted by Gasteiger charge is -2.07. The third-order valence-electron chi connectivity index (χ3n) is 2.36. The van der Waals surface area contributed by atoms with Crippen LogP contribution in [0.5, 0.6) is 0 Å². The predicted molar refractivity (Wildman–Crippen MR) is 68.8 cm³/mol. The summed E-state index contributed by atoms with van der Waals surface area (Å²) in [4.78, 5) is 21.8. The van der Waals surface area contributed by atoms with Crippen LogP contribution in [0.15, 0.2) is 4.90 Å². The Kier molecular flexibility index (Phi) is 5.22. The number of aromatic nitrogens is 2. The Morgan fingerprint density at radius 2 is 2.05 bits per heavy atom. The third kappa shape index (κ3) is 3.78. The van der Waals surface area contributed by atoms with Gasteiger partial charge in [0.15, 0.2) is 5.69 Å². The average molecular weight is 304 g/mol. The molecule has 0 atom stereocenters. The first-order chi connectivity index (χ1) is 9.29. The summed E-state index contributed by atoms with van der Waals surface area (Å²) in [5, 5.41) is 17.1. The maximum absolute atomic E-state index is 12.0. The first kappa shape index (κ1) is 16.1. The smallest absolute Gasteiger partial charge is 0.357 e. The molecular weight excluding hydrogens is 288 g/mol. The summed E-state index contributed by atoms with van der Waals surface area (Å²) in [6, 6.07) is 0. The number of amides is 1. The summed E-state index contributed by atoms with van der Waals surface area (Å²) in [7, 11) is -4.13. The van der Waals surface area contributed by atoms with Crippen LogP contribution in [0.2, 0.25) is 0 Å². The van der Waals surface area contributed by atoms with E-state index in [0.29, 0.717) is 6.54 Å². The highest BCUT2D eigenvalue weighted by Gasteiger charge is 2.28. The summed E-state index contributed by atoms with van der Waals surface area (Å²) in [5.41, 5.74) is -0.521. The van der Waals surface area contributed by atoms with Gasteiger partial charge >= 0.3 is 5.97 Å². The fourth-order valence-electron chi connectivity index (χ4n) is 1.45. The van der Waals surface area contributed by atoms with Crippen molar-refractivity contribution in [2.24, 2.45) is 0 Å². The number of aryl methyl sites for hydroxylation is 1. The Morgan fingerprint density at radius 3 is 2.60 bits per heavy atom. The zero-order chi connectivity index (χ0) is 15.3. The van der Waals surface area contributed by atoms with Crippen LogP contribution in [-0.4, -0.2) is 48.7 Å². The number of carbonyl (C=O) groups excluding carboxylic acids is 1. The van der Waals surface area contributed by atoms with Gasteiger partial charge in [-0.05, 0) is 13.3 Å². The zero-order valence-electron chi connectivity index (χ0n) is 11.1. The zero-order valence-corrected chi connectivity index (χ0v) is 11.9. The van der Waals surface area contributed by atoms with Gasteiger partial charge in [-0.3, -0.25) is 9.89 Å². The topological polar surface area (TPSA) is 141 Å². The molecule has 0 bridgehead atoms. The summed E-state index contributed by atoms with van der Waals surface area (Å²) in [6.45, 7) is 3.21. The summed E-state index contributed by atoms with van der Waals surface area (Å²) in [5.74, 6) is -1.96. The maximum Gasteiger partial charge on any atom is 0.357 e. The lowest BCUT2D eigenvalue weighted by Crippen LogP contribution is -2.37. The molecule has 10 heteroatoms. The molecule has 0 aliphatic heterocycles. The summed E-state index contributed by atoms with van der Waals surface area (Å²) >= 11 is 0. The van der Waals surface area contributed by atoms with Crippen molar-refractivity contribution in [1.82, 2.24) is 20.2 Å². The molecule has 1 aromatic heterocycles. The van der Waals surface area contributed by atoms with Crippen molar-refractivity contribution < 1.29 is 23.1 Å². The number of carboxylic acids is 1. The van der Waals surface area contributed by atoms with Crippen LogP contribution >= 0.6 is 0 Å². The first-order valence-corrected chi connectivity index (χ1v) is 7.32. The minimum absolute atomic E-state index is 0.0869. The highest BCUT2D eigenvalue weighted by molar-refractivity contribution is 7.89. The van der Waals surface area contributed by atoms with Crippen molar-refractivity contribution in [1.29, 1.82) is 0 Å². The van der Waals surface area contributed by atoms with E-state index >= 15 is 0 Å². The quantitative estimate of drug-likeness (QED) is 0.520. The van der Waals surface area contributed by atoms with E-state index in [1.54, 1.807) is 0 Å². The van der Waals surface area contributed by atoms with E-state index in [-0.39, 0.29) is 5.69 Å². The number of carbonyl (C=O) groups is 2. The molecule has 112 valence electrons. The van der Waals surface area contributed by atoms with Gasteiger partial charge in [0.05, 0.1) is 12.2 Å². The molecule has 0 saturated heterocycles. The minimum atomic E-state index is -4.13. The van der Waals surface area contributed by atoms with Gasteiger partial charge in [-0.2, -0.15) is 5.10 Å². The molecule has 0 spiro atoms. The fourth-order valence-corrected chi connectivity index (χ4v) is 2.75. The van der Waals surface area contributed by atoms with Crippen LogP contribution in [0.25, 0.3) is 0 Å². The van der Waals surface area contributed by atoms with E-state index in [9.17, 15) is 18.0 Å². The lowest BCUT2D eigenvalue weighted by molar-refractivity contribution is -0.119. The van der Waals surface area contributed by atoms with Crippen molar-refractivity contribution >= 4 is 21.9 Å². The molecule has 9 nitrogen and oxygen atoms in total. The molecule has 1 amide bonds. The van der Waals surface area contributed by atoms with Crippen LogP contribution in [-0.2, 0) is 14.8 Å². The second-order valence-electron chi connectivity index (χ2n) is 4.01. The van der Waals surface area contributed by atoms with E-state index in [1.165, 1.54) is 6.92 Å². The largest absolute Gasteiger partial charge is 0.476 e. The monoisotopic (exact) mass is 304 g/mol. The molecule has 0 fully saturated rings. The Labute approximate surface area is 115 Å². The van der Waals surface area contributed by atoms with E-state index in [2.05, 4.69) is 15.5 Å². The summed E-state index contributed by atoms with van der Waals surface area (Å²) in [6.07, 6.45) is 0.725. The first-order valence-electron chi connectivity index (χ1n) is 5.84. The lowest BCUT2D eigenvalue weighted by atomic mass is 10.4. The van der Waals surface area contributed by atoms with Gasteiger partial charge in [0.1, 0.15) is 4.90 Å². The number of H-pyrrole nitrogens is 1. The number of hydrogen-bond donors (Lipinski definition) is 4. The van der Waals surface area contributed by atoms with Gasteiger partial charge in [-0.25, -0.2) is 17.9 Å². The molecule has 0 aliphatic rings. The number of carboxylic acid groups (broad SMARTS) is 1. The maximum atomic E-state index is 12.0. The molecule has 0 unspecified atom stereocenters. The standard InChI is InChI=1S/C10H16N4O5S/c1-3-4-11-7(15)5-12-20(18,19)9-6(2)13-14-8(9)10(16)17/h12H,3-5H2,1-2H3,(H,11,15)(H,13,14)(H,16,17). The molecule has 0 aromatic carbocycles. The van der Waals surface area contributed by atoms with Gasteiger partial charge in [0.25, 0.3) is 0 Å².